The molecule has 1 aliphatic rings. The van der Waals surface area contributed by atoms with Gasteiger partial charge in [0.25, 0.3) is 0 Å². The van der Waals surface area contributed by atoms with Crippen LogP contribution in [0.4, 0.5) is 0 Å². The molecule has 1 heterocycles. The first-order chi connectivity index (χ1) is 7.31. The average molecular weight is 200 g/mol. The van der Waals surface area contributed by atoms with Gasteiger partial charge in [-0.05, 0) is 62.0 Å². The van der Waals surface area contributed by atoms with E-state index in [9.17, 15) is 0 Å². The van der Waals surface area contributed by atoms with Crippen molar-refractivity contribution in [3.63, 3.8) is 0 Å². The number of nitriles is 1. The Kier molecular flexibility index (Phi) is 3.03. The van der Waals surface area contributed by atoms with Crippen molar-refractivity contribution in [1.29, 1.82) is 5.26 Å². The molecule has 0 spiro atoms. The Morgan fingerprint density at radius 3 is 2.73 bits per heavy atom. The highest BCUT2D eigenvalue weighted by Gasteiger charge is 2.17. The largest absolute Gasteiger partial charge is 0.317 e. The molecule has 0 radical (unpaired) electrons. The molecule has 0 amide bonds. The zero-order chi connectivity index (χ0) is 10.7. The summed E-state index contributed by atoms with van der Waals surface area (Å²) in [5.41, 5.74) is 3.48. The molecule has 1 fully saturated rings. The Hall–Kier alpha value is -1.33. The van der Waals surface area contributed by atoms with Gasteiger partial charge < -0.3 is 5.32 Å². The monoisotopic (exact) mass is 200 g/mol. The van der Waals surface area contributed by atoms with E-state index in [1.54, 1.807) is 0 Å². The molecule has 1 aliphatic heterocycles. The van der Waals surface area contributed by atoms with E-state index in [0.717, 1.165) is 18.7 Å². The molecule has 0 aromatic heterocycles. The van der Waals surface area contributed by atoms with Crippen molar-refractivity contribution in [2.24, 2.45) is 0 Å². The van der Waals surface area contributed by atoms with Gasteiger partial charge in [0.2, 0.25) is 0 Å². The highest BCUT2D eigenvalue weighted by molar-refractivity contribution is 5.39. The van der Waals surface area contributed by atoms with Crippen molar-refractivity contribution in [3.8, 4) is 6.07 Å². The van der Waals surface area contributed by atoms with Crippen LogP contribution in [-0.2, 0) is 0 Å². The molecule has 0 saturated carbocycles. The highest BCUT2D eigenvalue weighted by Crippen LogP contribution is 2.28. The lowest BCUT2D eigenvalue weighted by atomic mass is 9.86. The van der Waals surface area contributed by atoms with Crippen molar-refractivity contribution in [1.82, 2.24) is 5.32 Å². The van der Waals surface area contributed by atoms with Crippen molar-refractivity contribution < 1.29 is 0 Å². The van der Waals surface area contributed by atoms with Gasteiger partial charge in [-0.15, -0.1) is 0 Å². The molecule has 2 heteroatoms. The summed E-state index contributed by atoms with van der Waals surface area (Å²) >= 11 is 0. The molecule has 0 bridgehead atoms. The summed E-state index contributed by atoms with van der Waals surface area (Å²) in [6.45, 7) is 4.33. The molecule has 0 aliphatic carbocycles. The zero-order valence-corrected chi connectivity index (χ0v) is 9.09. The SMILES string of the molecule is Cc1ccc(C#N)cc1C1CCNCC1. The number of nitrogens with zero attached hydrogens (tertiary/aromatic N) is 1. The van der Waals surface area contributed by atoms with Crippen LogP contribution in [0.2, 0.25) is 0 Å². The van der Waals surface area contributed by atoms with Gasteiger partial charge in [0.15, 0.2) is 0 Å². The van der Waals surface area contributed by atoms with Gasteiger partial charge in [-0.1, -0.05) is 6.07 Å². The molecule has 1 saturated heterocycles. The van der Waals surface area contributed by atoms with Gasteiger partial charge in [-0.2, -0.15) is 5.26 Å². The molecular weight excluding hydrogens is 184 g/mol. The number of piperidine rings is 1. The van der Waals surface area contributed by atoms with E-state index in [4.69, 9.17) is 5.26 Å². The van der Waals surface area contributed by atoms with Gasteiger partial charge in [0.05, 0.1) is 11.6 Å². The lowest BCUT2D eigenvalue weighted by Crippen LogP contribution is -2.27. The summed E-state index contributed by atoms with van der Waals surface area (Å²) in [4.78, 5) is 0. The minimum absolute atomic E-state index is 0.638. The molecule has 0 atom stereocenters. The van der Waals surface area contributed by atoms with E-state index in [1.165, 1.54) is 24.0 Å². The topological polar surface area (TPSA) is 35.8 Å². The van der Waals surface area contributed by atoms with Crippen LogP contribution in [0.5, 0.6) is 0 Å². The van der Waals surface area contributed by atoms with Crippen molar-refractivity contribution in [2.75, 3.05) is 13.1 Å². The van der Waals surface area contributed by atoms with Crippen LogP contribution in [0.25, 0.3) is 0 Å². The molecule has 1 aromatic carbocycles. The maximum absolute atomic E-state index is 8.89. The number of hydrogen-bond acceptors (Lipinski definition) is 2. The number of benzene rings is 1. The van der Waals surface area contributed by atoms with Crippen LogP contribution >= 0.6 is 0 Å². The standard InChI is InChI=1S/C13H16N2/c1-10-2-3-11(9-14)8-13(10)12-4-6-15-7-5-12/h2-3,8,12,15H,4-7H2,1H3. The third-order valence-corrected chi connectivity index (χ3v) is 3.19. The molecule has 0 unspecified atom stereocenters. The first-order valence-corrected chi connectivity index (χ1v) is 5.52. The fourth-order valence-corrected chi connectivity index (χ4v) is 2.28. The van der Waals surface area contributed by atoms with E-state index in [1.807, 2.05) is 6.07 Å². The van der Waals surface area contributed by atoms with Crippen LogP contribution in [-0.4, -0.2) is 13.1 Å². The average Bonchev–Trinajstić information content (AvgIpc) is 2.31. The third-order valence-electron chi connectivity index (χ3n) is 3.19. The molecular formula is C13H16N2. The van der Waals surface area contributed by atoms with E-state index in [2.05, 4.69) is 30.4 Å². The quantitative estimate of drug-likeness (QED) is 0.755. The number of aryl methyl sites for hydroxylation is 1. The first-order valence-electron chi connectivity index (χ1n) is 5.52. The minimum atomic E-state index is 0.638. The third kappa shape index (κ3) is 2.19. The summed E-state index contributed by atoms with van der Waals surface area (Å²) < 4.78 is 0. The second-order valence-electron chi connectivity index (χ2n) is 4.21. The predicted molar refractivity (Wildman–Crippen MR) is 60.7 cm³/mol. The Balaban J connectivity index is 2.29. The predicted octanol–water partition coefficient (Wildman–Crippen LogP) is 2.33. The van der Waals surface area contributed by atoms with E-state index in [0.29, 0.717) is 5.92 Å². The molecule has 78 valence electrons. The molecule has 15 heavy (non-hydrogen) atoms. The van der Waals surface area contributed by atoms with E-state index < -0.39 is 0 Å². The van der Waals surface area contributed by atoms with E-state index >= 15 is 0 Å². The van der Waals surface area contributed by atoms with Crippen molar-refractivity contribution in [2.45, 2.75) is 25.7 Å². The van der Waals surface area contributed by atoms with Crippen LogP contribution in [0.1, 0.15) is 35.4 Å². The van der Waals surface area contributed by atoms with Crippen molar-refractivity contribution >= 4 is 0 Å². The van der Waals surface area contributed by atoms with Gasteiger partial charge in [0.1, 0.15) is 0 Å². The summed E-state index contributed by atoms with van der Waals surface area (Å²) in [6, 6.07) is 8.25. The van der Waals surface area contributed by atoms with Crippen molar-refractivity contribution in [3.05, 3.63) is 34.9 Å². The molecule has 2 rings (SSSR count). The minimum Gasteiger partial charge on any atom is -0.317 e. The molecule has 1 N–H and O–H groups in total. The lowest BCUT2D eigenvalue weighted by Gasteiger charge is -2.24. The maximum Gasteiger partial charge on any atom is 0.0991 e. The van der Waals surface area contributed by atoms with Crippen LogP contribution < -0.4 is 5.32 Å². The number of rotatable bonds is 1. The lowest BCUT2D eigenvalue weighted by molar-refractivity contribution is 0.459. The van der Waals surface area contributed by atoms with E-state index in [-0.39, 0.29) is 0 Å². The Labute approximate surface area is 90.9 Å². The van der Waals surface area contributed by atoms with Crippen LogP contribution in [0.15, 0.2) is 18.2 Å². The fraction of sp³-hybridized carbons (Fsp3) is 0.462. The summed E-state index contributed by atoms with van der Waals surface area (Å²) in [7, 11) is 0. The summed E-state index contributed by atoms with van der Waals surface area (Å²) in [6.07, 6.45) is 2.38. The maximum atomic E-state index is 8.89. The van der Waals surface area contributed by atoms with Gasteiger partial charge in [0, 0.05) is 0 Å². The Morgan fingerprint density at radius 2 is 2.07 bits per heavy atom. The molecule has 2 nitrogen and oxygen atoms in total. The number of nitrogens with one attached hydrogen (secondary N) is 1. The normalized spacial score (nSPS) is 17.3. The fourth-order valence-electron chi connectivity index (χ4n) is 2.28. The number of hydrogen-bond donors (Lipinski definition) is 1. The smallest absolute Gasteiger partial charge is 0.0991 e. The van der Waals surface area contributed by atoms with Gasteiger partial charge in [-0.3, -0.25) is 0 Å². The summed E-state index contributed by atoms with van der Waals surface area (Å²) in [5, 5.41) is 12.3. The van der Waals surface area contributed by atoms with Crippen LogP contribution in [0, 0.1) is 18.3 Å². The second-order valence-corrected chi connectivity index (χ2v) is 4.21. The van der Waals surface area contributed by atoms with Crippen LogP contribution in [0.3, 0.4) is 0 Å². The highest BCUT2D eigenvalue weighted by atomic mass is 14.9. The summed E-state index contributed by atoms with van der Waals surface area (Å²) in [5.74, 6) is 0.638. The zero-order valence-electron chi connectivity index (χ0n) is 9.09. The first kappa shape index (κ1) is 10.2. The second kappa shape index (κ2) is 4.46. The van der Waals surface area contributed by atoms with Gasteiger partial charge in [-0.25, -0.2) is 0 Å². The Bertz CT molecular complexity index is 384. The van der Waals surface area contributed by atoms with Gasteiger partial charge >= 0.3 is 0 Å². The Morgan fingerprint density at radius 1 is 1.33 bits per heavy atom. The molecule has 1 aromatic rings.